The fourth-order valence-corrected chi connectivity index (χ4v) is 2.87. The van der Waals surface area contributed by atoms with Crippen LogP contribution in [-0.4, -0.2) is 36.2 Å². The van der Waals surface area contributed by atoms with E-state index in [0.717, 1.165) is 18.9 Å². The molecule has 7 nitrogen and oxygen atoms in total. The van der Waals surface area contributed by atoms with Gasteiger partial charge in [-0.15, -0.1) is 0 Å². The van der Waals surface area contributed by atoms with Gasteiger partial charge >= 0.3 is 6.03 Å². The molecule has 3 rings (SSSR count). The molecule has 1 saturated heterocycles. The minimum Gasteiger partial charge on any atom is -0.495 e. The molecule has 0 radical (unpaired) electrons. The number of methoxy groups -OCH3 is 1. The van der Waals surface area contributed by atoms with Crippen LogP contribution in [0.4, 0.5) is 16.3 Å². The molecule has 1 aromatic heterocycles. The van der Waals surface area contributed by atoms with E-state index in [1.54, 1.807) is 24.4 Å². The third kappa shape index (κ3) is 4.51. The van der Waals surface area contributed by atoms with Crippen LogP contribution in [0.2, 0.25) is 5.02 Å². The first-order valence-electron chi connectivity index (χ1n) is 8.11. The molecule has 1 fully saturated rings. The summed E-state index contributed by atoms with van der Waals surface area (Å²) in [5, 5.41) is 5.97. The molecular formula is C17H20ClN5O2. The minimum absolute atomic E-state index is 0.233. The molecule has 0 unspecified atom stereocenters. The molecule has 0 spiro atoms. The second-order valence-corrected chi connectivity index (χ2v) is 6.11. The van der Waals surface area contributed by atoms with Crippen molar-refractivity contribution in [2.75, 3.05) is 30.4 Å². The quantitative estimate of drug-likeness (QED) is 0.855. The lowest BCUT2D eigenvalue weighted by Gasteiger charge is -2.16. The van der Waals surface area contributed by atoms with Crippen molar-refractivity contribution >= 4 is 29.1 Å². The fourth-order valence-electron chi connectivity index (χ4n) is 2.70. The molecule has 2 aromatic rings. The average Bonchev–Trinajstić information content (AvgIpc) is 3.15. The SMILES string of the molecule is COc1ccc(Cl)cc1NC(=O)NCc1nccc(N2CCCC2)n1. The van der Waals surface area contributed by atoms with Crippen molar-refractivity contribution in [3.63, 3.8) is 0 Å². The Bertz CT molecular complexity index is 750. The molecular weight excluding hydrogens is 342 g/mol. The number of benzene rings is 1. The summed E-state index contributed by atoms with van der Waals surface area (Å²) in [5.41, 5.74) is 0.499. The Kier molecular flexibility index (Phi) is 5.55. The first-order chi connectivity index (χ1) is 12.2. The number of urea groups is 1. The first kappa shape index (κ1) is 17.3. The molecule has 1 aromatic carbocycles. The van der Waals surface area contributed by atoms with Crippen molar-refractivity contribution in [3.8, 4) is 5.75 Å². The number of anilines is 2. The van der Waals surface area contributed by atoms with Gasteiger partial charge in [0, 0.05) is 24.3 Å². The van der Waals surface area contributed by atoms with Gasteiger partial charge in [0.15, 0.2) is 0 Å². The summed E-state index contributed by atoms with van der Waals surface area (Å²) in [6, 6.07) is 6.54. The number of hydrogen-bond acceptors (Lipinski definition) is 5. The summed E-state index contributed by atoms with van der Waals surface area (Å²) >= 11 is 5.96. The molecule has 0 saturated carbocycles. The van der Waals surface area contributed by atoms with Gasteiger partial charge in [0.25, 0.3) is 0 Å². The number of carbonyl (C=O) groups excluding carboxylic acids is 1. The second-order valence-electron chi connectivity index (χ2n) is 5.68. The van der Waals surface area contributed by atoms with Crippen molar-refractivity contribution < 1.29 is 9.53 Å². The average molecular weight is 362 g/mol. The molecule has 0 aliphatic carbocycles. The lowest BCUT2D eigenvalue weighted by Crippen LogP contribution is -2.29. The maximum Gasteiger partial charge on any atom is 0.319 e. The zero-order valence-electron chi connectivity index (χ0n) is 14.0. The highest BCUT2D eigenvalue weighted by Gasteiger charge is 2.14. The van der Waals surface area contributed by atoms with Gasteiger partial charge in [-0.05, 0) is 37.1 Å². The summed E-state index contributed by atoms with van der Waals surface area (Å²) in [6.07, 6.45) is 4.08. The molecule has 132 valence electrons. The lowest BCUT2D eigenvalue weighted by molar-refractivity contribution is 0.251. The van der Waals surface area contributed by atoms with E-state index in [4.69, 9.17) is 16.3 Å². The molecule has 8 heteroatoms. The highest BCUT2D eigenvalue weighted by atomic mass is 35.5. The fraction of sp³-hybridized carbons (Fsp3) is 0.353. The van der Waals surface area contributed by atoms with Crippen LogP contribution >= 0.6 is 11.6 Å². The molecule has 2 N–H and O–H groups in total. The Hall–Kier alpha value is -2.54. The number of nitrogens with zero attached hydrogens (tertiary/aromatic N) is 3. The van der Waals surface area contributed by atoms with E-state index in [1.807, 2.05) is 6.07 Å². The van der Waals surface area contributed by atoms with Gasteiger partial charge in [0.1, 0.15) is 17.4 Å². The Balaban J connectivity index is 1.59. The topological polar surface area (TPSA) is 79.4 Å². The van der Waals surface area contributed by atoms with Crippen molar-refractivity contribution in [2.24, 2.45) is 0 Å². The maximum absolute atomic E-state index is 12.1. The van der Waals surface area contributed by atoms with E-state index in [0.29, 0.717) is 22.3 Å². The number of amides is 2. The van der Waals surface area contributed by atoms with Crippen LogP contribution in [0.15, 0.2) is 30.5 Å². The predicted octanol–water partition coefficient (Wildman–Crippen LogP) is 3.06. The van der Waals surface area contributed by atoms with Crippen LogP contribution < -0.4 is 20.3 Å². The normalized spacial score (nSPS) is 13.6. The summed E-state index contributed by atoms with van der Waals surface area (Å²) in [4.78, 5) is 23.1. The van der Waals surface area contributed by atoms with E-state index in [9.17, 15) is 4.79 Å². The smallest absolute Gasteiger partial charge is 0.319 e. The van der Waals surface area contributed by atoms with Crippen LogP contribution in [0.1, 0.15) is 18.7 Å². The van der Waals surface area contributed by atoms with E-state index in [1.165, 1.54) is 20.0 Å². The van der Waals surface area contributed by atoms with Crippen molar-refractivity contribution in [2.45, 2.75) is 19.4 Å². The van der Waals surface area contributed by atoms with Gasteiger partial charge in [-0.2, -0.15) is 0 Å². The monoisotopic (exact) mass is 361 g/mol. The molecule has 1 aliphatic rings. The molecule has 1 aliphatic heterocycles. The number of carbonyl (C=O) groups is 1. The van der Waals surface area contributed by atoms with E-state index >= 15 is 0 Å². The second kappa shape index (κ2) is 8.02. The zero-order valence-corrected chi connectivity index (χ0v) is 14.7. The van der Waals surface area contributed by atoms with Crippen LogP contribution in [-0.2, 0) is 6.54 Å². The largest absolute Gasteiger partial charge is 0.495 e. The summed E-state index contributed by atoms with van der Waals surface area (Å²) in [5.74, 6) is 2.01. The van der Waals surface area contributed by atoms with Gasteiger partial charge in [-0.3, -0.25) is 0 Å². The number of aromatic nitrogens is 2. The number of hydrogen-bond donors (Lipinski definition) is 2. The summed E-state index contributed by atoms with van der Waals surface area (Å²) < 4.78 is 5.21. The Morgan fingerprint density at radius 3 is 2.88 bits per heavy atom. The van der Waals surface area contributed by atoms with Gasteiger partial charge < -0.3 is 20.3 Å². The van der Waals surface area contributed by atoms with Crippen molar-refractivity contribution in [1.82, 2.24) is 15.3 Å². The Labute approximate surface area is 151 Å². The molecule has 0 atom stereocenters. The van der Waals surface area contributed by atoms with Gasteiger partial charge in [0.05, 0.1) is 19.3 Å². The molecule has 25 heavy (non-hydrogen) atoms. The zero-order chi connectivity index (χ0) is 17.6. The van der Waals surface area contributed by atoms with Crippen LogP contribution in [0.5, 0.6) is 5.75 Å². The van der Waals surface area contributed by atoms with Crippen LogP contribution in [0, 0.1) is 0 Å². The van der Waals surface area contributed by atoms with Crippen LogP contribution in [0.25, 0.3) is 0 Å². The van der Waals surface area contributed by atoms with E-state index in [2.05, 4.69) is 25.5 Å². The number of halogens is 1. The van der Waals surface area contributed by atoms with Crippen LogP contribution in [0.3, 0.4) is 0 Å². The van der Waals surface area contributed by atoms with Crippen molar-refractivity contribution in [3.05, 3.63) is 41.3 Å². The summed E-state index contributed by atoms with van der Waals surface area (Å²) in [6.45, 7) is 2.26. The highest BCUT2D eigenvalue weighted by Crippen LogP contribution is 2.27. The predicted molar refractivity (Wildman–Crippen MR) is 97.3 cm³/mol. The molecule has 2 heterocycles. The first-order valence-corrected chi connectivity index (χ1v) is 8.49. The van der Waals surface area contributed by atoms with E-state index in [-0.39, 0.29) is 12.6 Å². The standard InChI is InChI=1S/C17H20ClN5O2/c1-25-14-5-4-12(18)10-13(14)21-17(24)20-11-15-19-7-6-16(22-15)23-8-2-3-9-23/h4-7,10H,2-3,8-9,11H2,1H3,(H2,20,21,24). The Morgan fingerprint density at radius 2 is 2.12 bits per heavy atom. The Morgan fingerprint density at radius 1 is 1.32 bits per heavy atom. The summed E-state index contributed by atoms with van der Waals surface area (Å²) in [7, 11) is 1.53. The van der Waals surface area contributed by atoms with Gasteiger partial charge in [-0.25, -0.2) is 14.8 Å². The molecule has 0 bridgehead atoms. The molecule has 2 amide bonds. The third-order valence-corrected chi connectivity index (χ3v) is 4.17. The minimum atomic E-state index is -0.379. The van der Waals surface area contributed by atoms with Gasteiger partial charge in [0.2, 0.25) is 0 Å². The number of nitrogens with one attached hydrogen (secondary N) is 2. The van der Waals surface area contributed by atoms with E-state index < -0.39 is 0 Å². The maximum atomic E-state index is 12.1. The lowest BCUT2D eigenvalue weighted by atomic mass is 10.3. The number of rotatable bonds is 5. The number of ether oxygens (including phenoxy) is 1. The highest BCUT2D eigenvalue weighted by molar-refractivity contribution is 6.31. The third-order valence-electron chi connectivity index (χ3n) is 3.94. The van der Waals surface area contributed by atoms with Crippen molar-refractivity contribution in [1.29, 1.82) is 0 Å². The van der Waals surface area contributed by atoms with Gasteiger partial charge in [-0.1, -0.05) is 11.6 Å².